The molecule has 0 spiro atoms. The SMILES string of the molecule is CC(C)=CCC[C@@H](C)C/C=N\n1c(N)cc(C)cc1=O. The molecule has 0 fully saturated rings. The van der Waals surface area contributed by atoms with E-state index in [1.807, 2.05) is 6.92 Å². The molecular formula is C16H25N3O. The minimum Gasteiger partial charge on any atom is -0.384 e. The van der Waals surface area contributed by atoms with Crippen LogP contribution in [-0.4, -0.2) is 10.9 Å². The van der Waals surface area contributed by atoms with E-state index in [1.54, 1.807) is 12.3 Å². The van der Waals surface area contributed by atoms with Gasteiger partial charge in [-0.1, -0.05) is 18.6 Å². The van der Waals surface area contributed by atoms with E-state index in [9.17, 15) is 4.79 Å². The lowest BCUT2D eigenvalue weighted by Crippen LogP contribution is -2.19. The first kappa shape index (κ1) is 16.2. The number of nitrogens with two attached hydrogens (primary N) is 1. The molecule has 0 aliphatic heterocycles. The third-order valence-corrected chi connectivity index (χ3v) is 3.10. The summed E-state index contributed by atoms with van der Waals surface area (Å²) in [6.45, 7) is 8.25. The fraction of sp³-hybridized carbons (Fsp3) is 0.500. The Morgan fingerprint density at radius 2 is 2.15 bits per heavy atom. The fourth-order valence-corrected chi connectivity index (χ4v) is 1.93. The van der Waals surface area contributed by atoms with Crippen LogP contribution in [0.3, 0.4) is 0 Å². The molecule has 4 heteroatoms. The number of hydrogen-bond donors (Lipinski definition) is 1. The Kier molecular flexibility index (Phi) is 6.22. The number of hydrogen-bond acceptors (Lipinski definition) is 3. The highest BCUT2D eigenvalue weighted by Gasteiger charge is 2.01. The summed E-state index contributed by atoms with van der Waals surface area (Å²) in [5.74, 6) is 0.917. The van der Waals surface area contributed by atoms with Crippen LogP contribution in [0.1, 0.15) is 45.6 Å². The minimum absolute atomic E-state index is 0.184. The topological polar surface area (TPSA) is 60.4 Å². The summed E-state index contributed by atoms with van der Waals surface area (Å²) >= 11 is 0. The monoisotopic (exact) mass is 275 g/mol. The molecule has 0 saturated heterocycles. The van der Waals surface area contributed by atoms with E-state index in [-0.39, 0.29) is 5.56 Å². The molecule has 20 heavy (non-hydrogen) atoms. The average molecular weight is 275 g/mol. The van der Waals surface area contributed by atoms with Crippen LogP contribution in [0.2, 0.25) is 0 Å². The van der Waals surface area contributed by atoms with E-state index in [0.717, 1.165) is 24.8 Å². The van der Waals surface area contributed by atoms with E-state index < -0.39 is 0 Å². The summed E-state index contributed by atoms with van der Waals surface area (Å²) in [4.78, 5) is 11.7. The summed E-state index contributed by atoms with van der Waals surface area (Å²) in [5, 5.41) is 4.17. The van der Waals surface area contributed by atoms with Gasteiger partial charge in [0.15, 0.2) is 0 Å². The number of aryl methyl sites for hydroxylation is 1. The van der Waals surface area contributed by atoms with Gasteiger partial charge >= 0.3 is 0 Å². The molecule has 0 aromatic carbocycles. The summed E-state index contributed by atoms with van der Waals surface area (Å²) in [6, 6.07) is 3.28. The van der Waals surface area contributed by atoms with Crippen molar-refractivity contribution in [3.8, 4) is 0 Å². The summed E-state index contributed by atoms with van der Waals surface area (Å²) in [5.41, 5.74) is 7.82. The predicted molar refractivity (Wildman–Crippen MR) is 86.2 cm³/mol. The molecule has 2 N–H and O–H groups in total. The zero-order chi connectivity index (χ0) is 15.1. The van der Waals surface area contributed by atoms with Gasteiger partial charge in [-0.2, -0.15) is 9.78 Å². The molecule has 0 aliphatic carbocycles. The molecule has 110 valence electrons. The highest BCUT2D eigenvalue weighted by molar-refractivity contribution is 5.57. The van der Waals surface area contributed by atoms with Gasteiger partial charge in [-0.05, 0) is 57.6 Å². The van der Waals surface area contributed by atoms with E-state index in [1.165, 1.54) is 16.3 Å². The van der Waals surface area contributed by atoms with Crippen molar-refractivity contribution < 1.29 is 0 Å². The summed E-state index contributed by atoms with van der Waals surface area (Å²) < 4.78 is 1.25. The van der Waals surface area contributed by atoms with Gasteiger partial charge < -0.3 is 5.73 Å². The van der Waals surface area contributed by atoms with Gasteiger partial charge in [0.25, 0.3) is 5.56 Å². The Balaban J connectivity index is 2.57. The van der Waals surface area contributed by atoms with Crippen LogP contribution in [0.25, 0.3) is 0 Å². The molecule has 1 rings (SSSR count). The van der Waals surface area contributed by atoms with Gasteiger partial charge in [-0.25, -0.2) is 0 Å². The van der Waals surface area contributed by atoms with Crippen molar-refractivity contribution in [2.45, 2.75) is 47.0 Å². The first-order valence-corrected chi connectivity index (χ1v) is 7.05. The van der Waals surface area contributed by atoms with E-state index in [0.29, 0.717) is 11.7 Å². The second-order valence-electron chi connectivity index (χ2n) is 5.61. The van der Waals surface area contributed by atoms with Crippen molar-refractivity contribution in [1.82, 2.24) is 4.68 Å². The molecule has 1 heterocycles. The molecule has 0 amide bonds. The zero-order valence-electron chi connectivity index (χ0n) is 12.9. The van der Waals surface area contributed by atoms with Crippen LogP contribution >= 0.6 is 0 Å². The standard InChI is InChI=1S/C16H25N3O/c1-12(2)6-5-7-13(3)8-9-18-19-15(17)10-14(4)11-16(19)20/h6,9-11,13H,5,7-8,17H2,1-4H3/b18-9-/t13-/m1/s1. The van der Waals surface area contributed by atoms with Crippen LogP contribution in [0, 0.1) is 12.8 Å². The lowest BCUT2D eigenvalue weighted by molar-refractivity contribution is 0.561. The van der Waals surface area contributed by atoms with Gasteiger partial charge in [0.2, 0.25) is 0 Å². The van der Waals surface area contributed by atoms with Crippen molar-refractivity contribution in [1.29, 1.82) is 0 Å². The Hall–Kier alpha value is -1.84. The molecule has 0 unspecified atom stereocenters. The second kappa shape index (κ2) is 7.68. The lowest BCUT2D eigenvalue weighted by Gasteiger charge is -2.07. The quantitative estimate of drug-likeness (QED) is 0.639. The van der Waals surface area contributed by atoms with Crippen LogP contribution in [0.4, 0.5) is 5.82 Å². The maximum atomic E-state index is 11.7. The van der Waals surface area contributed by atoms with Crippen molar-refractivity contribution in [2.75, 3.05) is 5.73 Å². The number of nitrogens with zero attached hydrogens (tertiary/aromatic N) is 2. The molecule has 0 saturated carbocycles. The third-order valence-electron chi connectivity index (χ3n) is 3.10. The maximum absolute atomic E-state index is 11.7. The summed E-state index contributed by atoms with van der Waals surface area (Å²) in [7, 11) is 0. The zero-order valence-corrected chi connectivity index (χ0v) is 12.9. The van der Waals surface area contributed by atoms with Crippen LogP contribution in [-0.2, 0) is 0 Å². The Morgan fingerprint density at radius 3 is 2.75 bits per heavy atom. The van der Waals surface area contributed by atoms with Crippen LogP contribution in [0.15, 0.2) is 33.7 Å². The highest BCUT2D eigenvalue weighted by Crippen LogP contribution is 2.10. The van der Waals surface area contributed by atoms with E-state index in [2.05, 4.69) is 31.9 Å². The van der Waals surface area contributed by atoms with E-state index >= 15 is 0 Å². The molecule has 4 nitrogen and oxygen atoms in total. The molecule has 1 atom stereocenters. The molecular weight excluding hydrogens is 250 g/mol. The van der Waals surface area contributed by atoms with Gasteiger partial charge in [0.05, 0.1) is 0 Å². The van der Waals surface area contributed by atoms with Crippen molar-refractivity contribution in [3.63, 3.8) is 0 Å². The fourth-order valence-electron chi connectivity index (χ4n) is 1.93. The molecule has 0 aliphatic rings. The van der Waals surface area contributed by atoms with Gasteiger partial charge in [-0.3, -0.25) is 4.79 Å². The van der Waals surface area contributed by atoms with E-state index in [4.69, 9.17) is 5.73 Å². The minimum atomic E-state index is -0.184. The first-order chi connectivity index (χ1) is 9.40. The van der Waals surface area contributed by atoms with Crippen molar-refractivity contribution >= 4 is 12.0 Å². The molecule has 1 aromatic rings. The van der Waals surface area contributed by atoms with Gasteiger partial charge in [-0.15, -0.1) is 0 Å². The first-order valence-electron chi connectivity index (χ1n) is 7.05. The number of pyridine rings is 1. The summed E-state index contributed by atoms with van der Waals surface area (Å²) in [6.07, 6.45) is 7.08. The normalized spacial score (nSPS) is 12.6. The van der Waals surface area contributed by atoms with Crippen LogP contribution < -0.4 is 11.3 Å². The average Bonchev–Trinajstić information content (AvgIpc) is 2.32. The highest BCUT2D eigenvalue weighted by atomic mass is 16.1. The number of anilines is 1. The molecule has 0 radical (unpaired) electrons. The Labute approximate surface area is 121 Å². The predicted octanol–water partition coefficient (Wildman–Crippen LogP) is 3.35. The molecule has 1 aromatic heterocycles. The number of aromatic nitrogens is 1. The Bertz CT molecular complexity index is 551. The van der Waals surface area contributed by atoms with Crippen molar-refractivity contribution in [2.24, 2.45) is 11.0 Å². The molecule has 0 bridgehead atoms. The van der Waals surface area contributed by atoms with Gasteiger partial charge in [0, 0.05) is 12.3 Å². The number of allylic oxidation sites excluding steroid dienone is 2. The largest absolute Gasteiger partial charge is 0.384 e. The lowest BCUT2D eigenvalue weighted by atomic mass is 10.0. The Morgan fingerprint density at radius 1 is 1.45 bits per heavy atom. The van der Waals surface area contributed by atoms with Crippen molar-refractivity contribution in [3.05, 3.63) is 39.7 Å². The second-order valence-corrected chi connectivity index (χ2v) is 5.61. The number of nitrogen functional groups attached to an aromatic ring is 1. The smallest absolute Gasteiger partial charge is 0.273 e. The van der Waals surface area contributed by atoms with Gasteiger partial charge in [0.1, 0.15) is 5.82 Å². The third kappa shape index (κ3) is 5.43. The maximum Gasteiger partial charge on any atom is 0.273 e. The van der Waals surface area contributed by atoms with Crippen LogP contribution in [0.5, 0.6) is 0 Å². The number of rotatable bonds is 6.